The van der Waals surface area contributed by atoms with Crippen LogP contribution in [0.25, 0.3) is 0 Å². The molecule has 2 heterocycles. The van der Waals surface area contributed by atoms with E-state index in [9.17, 15) is 19.2 Å². The molecule has 2 aromatic carbocycles. The van der Waals surface area contributed by atoms with Crippen LogP contribution in [0.1, 0.15) is 31.7 Å². The highest BCUT2D eigenvalue weighted by molar-refractivity contribution is 6.34. The summed E-state index contributed by atoms with van der Waals surface area (Å²) >= 11 is 6.22. The SMILES string of the molecule is CC1=CC[C@@H]2C(=O)N(c3ccc(OC(=O)[C@@H]4CC(=O)N(c5ccccc5Cl)C4)cc3C)C(=O)[C@@H]2C1. The van der Waals surface area contributed by atoms with E-state index in [1.807, 2.05) is 13.0 Å². The van der Waals surface area contributed by atoms with Gasteiger partial charge in [0.1, 0.15) is 5.75 Å². The summed E-state index contributed by atoms with van der Waals surface area (Å²) in [5.74, 6) is -2.02. The van der Waals surface area contributed by atoms with Gasteiger partial charge in [-0.1, -0.05) is 35.4 Å². The number of benzene rings is 2. The van der Waals surface area contributed by atoms with Crippen molar-refractivity contribution in [3.63, 3.8) is 0 Å². The summed E-state index contributed by atoms with van der Waals surface area (Å²) in [5.41, 5.74) is 2.86. The standard InChI is InChI=1S/C27H25ClN2O5/c1-15-7-9-19-20(11-15)26(33)30(25(19)32)22-10-8-18(12-16(22)2)35-27(34)17-13-24(31)29(14-17)23-6-4-3-5-21(23)28/h3-8,10,12,17,19-20H,9,11,13-14H2,1-2H3/t17-,19+,20-/m1/s1. The summed E-state index contributed by atoms with van der Waals surface area (Å²) in [6, 6.07) is 11.9. The van der Waals surface area contributed by atoms with Crippen molar-refractivity contribution in [3.8, 4) is 5.75 Å². The molecule has 2 saturated heterocycles. The van der Waals surface area contributed by atoms with Crippen molar-refractivity contribution < 1.29 is 23.9 Å². The zero-order valence-electron chi connectivity index (χ0n) is 19.5. The Balaban J connectivity index is 1.29. The molecule has 5 rings (SSSR count). The number of carbonyl (C=O) groups is 4. The normalized spacial score (nSPS) is 24.0. The zero-order valence-corrected chi connectivity index (χ0v) is 20.2. The highest BCUT2D eigenvalue weighted by atomic mass is 35.5. The second-order valence-corrected chi connectivity index (χ2v) is 9.85. The average Bonchev–Trinajstić information content (AvgIpc) is 3.32. The number of rotatable bonds is 4. The van der Waals surface area contributed by atoms with Crippen LogP contribution in [0.5, 0.6) is 5.75 Å². The topological polar surface area (TPSA) is 84.0 Å². The molecule has 3 amide bonds. The molecule has 180 valence electrons. The molecule has 0 radical (unpaired) electrons. The third kappa shape index (κ3) is 4.14. The molecular formula is C27H25ClN2O5. The number of ether oxygens (including phenoxy) is 1. The van der Waals surface area contributed by atoms with Crippen molar-refractivity contribution in [1.29, 1.82) is 0 Å². The highest BCUT2D eigenvalue weighted by Gasteiger charge is 2.49. The van der Waals surface area contributed by atoms with Gasteiger partial charge < -0.3 is 9.64 Å². The van der Waals surface area contributed by atoms with Gasteiger partial charge in [-0.15, -0.1) is 0 Å². The number of fused-ring (bicyclic) bond motifs is 1. The van der Waals surface area contributed by atoms with Crippen LogP contribution in [0.15, 0.2) is 54.1 Å². The molecule has 0 spiro atoms. The first-order valence-corrected chi connectivity index (χ1v) is 12.0. The Morgan fingerprint density at radius 3 is 2.46 bits per heavy atom. The number of carbonyl (C=O) groups excluding carboxylic acids is 4. The van der Waals surface area contributed by atoms with Gasteiger partial charge in [-0.3, -0.25) is 19.2 Å². The van der Waals surface area contributed by atoms with E-state index in [-0.39, 0.29) is 42.5 Å². The lowest BCUT2D eigenvalue weighted by molar-refractivity contribution is -0.139. The van der Waals surface area contributed by atoms with Crippen molar-refractivity contribution in [2.75, 3.05) is 16.3 Å². The quantitative estimate of drug-likeness (QED) is 0.272. The molecule has 8 heteroatoms. The molecule has 7 nitrogen and oxygen atoms in total. The number of esters is 1. The van der Waals surface area contributed by atoms with E-state index >= 15 is 0 Å². The highest BCUT2D eigenvalue weighted by Crippen LogP contribution is 2.41. The van der Waals surface area contributed by atoms with E-state index < -0.39 is 11.9 Å². The van der Waals surface area contributed by atoms with Gasteiger partial charge in [0, 0.05) is 13.0 Å². The predicted molar refractivity (Wildman–Crippen MR) is 131 cm³/mol. The van der Waals surface area contributed by atoms with Crippen LogP contribution < -0.4 is 14.5 Å². The monoisotopic (exact) mass is 492 g/mol. The fourth-order valence-corrected chi connectivity index (χ4v) is 5.42. The molecule has 35 heavy (non-hydrogen) atoms. The first-order chi connectivity index (χ1) is 16.7. The molecule has 1 aliphatic carbocycles. The summed E-state index contributed by atoms with van der Waals surface area (Å²) in [6.07, 6.45) is 3.25. The average molecular weight is 493 g/mol. The zero-order chi connectivity index (χ0) is 24.9. The predicted octanol–water partition coefficient (Wildman–Crippen LogP) is 4.45. The second-order valence-electron chi connectivity index (χ2n) is 9.44. The summed E-state index contributed by atoms with van der Waals surface area (Å²) in [6.45, 7) is 3.94. The van der Waals surface area contributed by atoms with Gasteiger partial charge in [0.25, 0.3) is 0 Å². The Labute approximate surface area is 208 Å². The van der Waals surface area contributed by atoms with Gasteiger partial charge in [0.2, 0.25) is 17.7 Å². The van der Waals surface area contributed by atoms with Gasteiger partial charge in [0.05, 0.1) is 34.2 Å². The second kappa shape index (κ2) is 8.96. The Hall–Kier alpha value is -3.45. The summed E-state index contributed by atoms with van der Waals surface area (Å²) in [5, 5.41) is 0.442. The van der Waals surface area contributed by atoms with E-state index in [0.717, 1.165) is 5.57 Å². The lowest BCUT2D eigenvalue weighted by Crippen LogP contribution is -2.31. The van der Waals surface area contributed by atoms with E-state index in [4.69, 9.17) is 16.3 Å². The van der Waals surface area contributed by atoms with Crippen LogP contribution in [0.4, 0.5) is 11.4 Å². The molecule has 0 aromatic heterocycles. The van der Waals surface area contributed by atoms with Gasteiger partial charge in [-0.05, 0) is 62.6 Å². The molecule has 0 bridgehead atoms. The molecule has 2 aromatic rings. The Morgan fingerprint density at radius 1 is 0.971 bits per heavy atom. The maximum absolute atomic E-state index is 13.0. The molecule has 3 atom stereocenters. The van der Waals surface area contributed by atoms with Gasteiger partial charge in [-0.2, -0.15) is 0 Å². The largest absolute Gasteiger partial charge is 0.426 e. The number of halogens is 1. The summed E-state index contributed by atoms with van der Waals surface area (Å²) < 4.78 is 5.57. The number of allylic oxidation sites excluding steroid dienone is 2. The third-order valence-electron chi connectivity index (χ3n) is 7.05. The fraction of sp³-hybridized carbons (Fsp3) is 0.333. The number of aryl methyl sites for hydroxylation is 1. The third-order valence-corrected chi connectivity index (χ3v) is 7.37. The minimum absolute atomic E-state index is 0.0358. The van der Waals surface area contributed by atoms with Crippen LogP contribution in [0, 0.1) is 24.7 Å². The number of hydrogen-bond donors (Lipinski definition) is 0. The number of nitrogens with zero attached hydrogens (tertiary/aromatic N) is 2. The number of imide groups is 1. The number of amides is 3. The molecular weight excluding hydrogens is 468 g/mol. The van der Waals surface area contributed by atoms with Crippen LogP contribution in [0.3, 0.4) is 0 Å². The van der Waals surface area contributed by atoms with E-state index in [1.54, 1.807) is 49.4 Å². The summed E-state index contributed by atoms with van der Waals surface area (Å²) in [7, 11) is 0. The fourth-order valence-electron chi connectivity index (χ4n) is 5.19. The number of anilines is 2. The first kappa shape index (κ1) is 23.3. The maximum atomic E-state index is 13.0. The van der Waals surface area contributed by atoms with Crippen molar-refractivity contribution in [1.82, 2.24) is 0 Å². The van der Waals surface area contributed by atoms with E-state index in [1.165, 1.54) is 9.80 Å². The van der Waals surface area contributed by atoms with Crippen LogP contribution in [0.2, 0.25) is 5.02 Å². The van der Waals surface area contributed by atoms with Crippen LogP contribution in [-0.4, -0.2) is 30.2 Å². The molecule has 0 N–H and O–H groups in total. The van der Waals surface area contributed by atoms with Gasteiger partial charge in [-0.25, -0.2) is 4.90 Å². The van der Waals surface area contributed by atoms with Crippen molar-refractivity contribution >= 4 is 46.7 Å². The minimum atomic E-state index is -0.626. The maximum Gasteiger partial charge on any atom is 0.316 e. The lowest BCUT2D eigenvalue weighted by atomic mass is 9.82. The smallest absolute Gasteiger partial charge is 0.316 e. The van der Waals surface area contributed by atoms with Crippen LogP contribution >= 0.6 is 11.6 Å². The Morgan fingerprint density at radius 2 is 1.71 bits per heavy atom. The van der Waals surface area contributed by atoms with Crippen molar-refractivity contribution in [2.24, 2.45) is 17.8 Å². The van der Waals surface area contributed by atoms with Crippen molar-refractivity contribution in [2.45, 2.75) is 33.1 Å². The summed E-state index contributed by atoms with van der Waals surface area (Å²) in [4.78, 5) is 54.1. The van der Waals surface area contributed by atoms with Crippen LogP contribution in [-0.2, 0) is 19.2 Å². The molecule has 3 aliphatic rings. The van der Waals surface area contributed by atoms with E-state index in [2.05, 4.69) is 0 Å². The lowest BCUT2D eigenvalue weighted by Gasteiger charge is -2.19. The van der Waals surface area contributed by atoms with Crippen molar-refractivity contribution in [3.05, 3.63) is 64.7 Å². The van der Waals surface area contributed by atoms with Gasteiger partial charge >= 0.3 is 5.97 Å². The van der Waals surface area contributed by atoms with E-state index in [0.29, 0.717) is 40.6 Å². The molecule has 2 fully saturated rings. The Kier molecular flexibility index (Phi) is 5.97. The first-order valence-electron chi connectivity index (χ1n) is 11.6. The minimum Gasteiger partial charge on any atom is -0.426 e. The van der Waals surface area contributed by atoms with Gasteiger partial charge in [0.15, 0.2) is 0 Å². The number of para-hydroxylation sites is 1. The molecule has 0 saturated carbocycles. The molecule has 2 aliphatic heterocycles. The molecule has 0 unspecified atom stereocenters. The number of hydrogen-bond acceptors (Lipinski definition) is 5. The Bertz CT molecular complexity index is 1290.